The van der Waals surface area contributed by atoms with Gasteiger partial charge in [-0.25, -0.2) is 9.50 Å². The van der Waals surface area contributed by atoms with Crippen molar-refractivity contribution in [2.24, 2.45) is 0 Å². The van der Waals surface area contributed by atoms with Gasteiger partial charge >= 0.3 is 0 Å². The maximum absolute atomic E-state index is 4.77. The maximum atomic E-state index is 4.77. The molecule has 0 aromatic carbocycles. The molecule has 4 aromatic heterocycles. The number of aromatic amines is 1. The minimum absolute atomic E-state index is 0.317. The molecule has 0 spiro atoms. The fraction of sp³-hybridized carbons (Fsp3) is 0.400. The summed E-state index contributed by atoms with van der Waals surface area (Å²) in [5.74, 6) is 2.81. The Bertz CT molecular complexity index is 1140. The van der Waals surface area contributed by atoms with Gasteiger partial charge in [-0.3, -0.25) is 10.00 Å². The second kappa shape index (κ2) is 7.37. The van der Waals surface area contributed by atoms with E-state index in [1.807, 2.05) is 34.4 Å². The molecule has 0 radical (unpaired) electrons. The molecule has 1 saturated heterocycles. The summed E-state index contributed by atoms with van der Waals surface area (Å²) in [6.07, 6.45) is 7.36. The Kier molecular flexibility index (Phi) is 4.38. The van der Waals surface area contributed by atoms with Crippen LogP contribution in [0.4, 0.5) is 17.6 Å². The number of hydrogen-bond acceptors (Lipinski definition) is 8. The molecule has 10 heteroatoms. The van der Waals surface area contributed by atoms with Crippen LogP contribution in [0.15, 0.2) is 36.0 Å². The van der Waals surface area contributed by atoms with Gasteiger partial charge < -0.3 is 10.6 Å². The number of nitrogens with one attached hydrogen (secondary N) is 3. The predicted octanol–water partition coefficient (Wildman–Crippen LogP) is 3.22. The van der Waals surface area contributed by atoms with E-state index in [1.165, 1.54) is 18.5 Å². The Labute approximate surface area is 177 Å². The third kappa shape index (κ3) is 3.63. The standard InChI is InChI=1S/C20H23N9S/c1-2-16-19(23-17-10-15(25-26-17)13-3-4-13)24-20(27-29(16)7-1)22-14-5-8-28(11-14)12-18-21-6-9-30-18/h1-2,6-7,9-10,13-14H,3-5,8,11-12H2,(H3,22,23,24,25,26,27)/t14-/m0/s1. The topological polar surface area (TPSA) is 99.1 Å². The van der Waals surface area contributed by atoms with Crippen LogP contribution in [-0.2, 0) is 6.54 Å². The highest BCUT2D eigenvalue weighted by molar-refractivity contribution is 7.09. The lowest BCUT2D eigenvalue weighted by molar-refractivity contribution is 0.328. The van der Waals surface area contributed by atoms with Gasteiger partial charge in [0.1, 0.15) is 10.5 Å². The largest absolute Gasteiger partial charge is 0.349 e. The summed E-state index contributed by atoms with van der Waals surface area (Å²) in [5.41, 5.74) is 2.12. The minimum atomic E-state index is 0.317. The van der Waals surface area contributed by atoms with Gasteiger partial charge in [-0.1, -0.05) is 0 Å². The van der Waals surface area contributed by atoms with Crippen molar-refractivity contribution in [3.8, 4) is 0 Å². The smallest absolute Gasteiger partial charge is 0.243 e. The van der Waals surface area contributed by atoms with E-state index in [2.05, 4.69) is 41.9 Å². The van der Waals surface area contributed by atoms with E-state index in [0.717, 1.165) is 48.2 Å². The van der Waals surface area contributed by atoms with Crippen LogP contribution in [0.5, 0.6) is 0 Å². The lowest BCUT2D eigenvalue weighted by atomic mass is 10.3. The van der Waals surface area contributed by atoms with E-state index < -0.39 is 0 Å². The molecular formula is C20H23N9S. The van der Waals surface area contributed by atoms with E-state index in [1.54, 1.807) is 11.3 Å². The van der Waals surface area contributed by atoms with Crippen LogP contribution in [0.3, 0.4) is 0 Å². The molecule has 0 unspecified atom stereocenters. The molecule has 1 atom stereocenters. The number of nitrogens with zero attached hydrogens (tertiary/aromatic N) is 6. The minimum Gasteiger partial charge on any atom is -0.349 e. The van der Waals surface area contributed by atoms with E-state index in [4.69, 9.17) is 4.98 Å². The Hall–Kier alpha value is -2.98. The first-order chi connectivity index (χ1) is 14.8. The van der Waals surface area contributed by atoms with E-state index in [-0.39, 0.29) is 0 Å². The highest BCUT2D eigenvalue weighted by Crippen LogP contribution is 2.39. The van der Waals surface area contributed by atoms with Gasteiger partial charge in [-0.2, -0.15) is 10.1 Å². The number of aromatic nitrogens is 6. The zero-order valence-corrected chi connectivity index (χ0v) is 17.3. The van der Waals surface area contributed by atoms with Gasteiger partial charge in [-0.15, -0.1) is 16.4 Å². The second-order valence-corrected chi connectivity index (χ2v) is 9.00. The van der Waals surface area contributed by atoms with Crippen LogP contribution in [0, 0.1) is 0 Å². The van der Waals surface area contributed by atoms with E-state index >= 15 is 0 Å². The van der Waals surface area contributed by atoms with Crippen molar-refractivity contribution in [3.63, 3.8) is 0 Å². The van der Waals surface area contributed by atoms with Crippen LogP contribution in [0.1, 0.15) is 35.9 Å². The van der Waals surface area contributed by atoms with Gasteiger partial charge in [0.25, 0.3) is 0 Å². The number of fused-ring (bicyclic) bond motifs is 1. The number of rotatable bonds is 7. The summed E-state index contributed by atoms with van der Waals surface area (Å²) in [6, 6.07) is 6.38. The molecule has 1 aliphatic carbocycles. The molecule has 1 saturated carbocycles. The SMILES string of the molecule is c1cc2c(Nc3cc(C4CC4)[nH]n3)nc(N[C@H]3CCN(Cc4nccs4)C3)nn2c1. The number of likely N-dealkylation sites (tertiary alicyclic amines) is 1. The lowest BCUT2D eigenvalue weighted by Crippen LogP contribution is -2.27. The first-order valence-corrected chi connectivity index (χ1v) is 11.2. The molecule has 2 aliphatic rings. The third-order valence-corrected chi connectivity index (χ3v) is 6.46. The van der Waals surface area contributed by atoms with Gasteiger partial charge in [0.05, 0.1) is 6.54 Å². The van der Waals surface area contributed by atoms with E-state index in [0.29, 0.717) is 17.9 Å². The monoisotopic (exact) mass is 421 g/mol. The number of H-pyrrole nitrogens is 1. The van der Waals surface area contributed by atoms with Crippen molar-refractivity contribution in [3.05, 3.63) is 46.7 Å². The number of anilines is 3. The zero-order chi connectivity index (χ0) is 19.9. The molecule has 2 fully saturated rings. The Morgan fingerprint density at radius 3 is 3.10 bits per heavy atom. The molecule has 30 heavy (non-hydrogen) atoms. The van der Waals surface area contributed by atoms with Crippen LogP contribution >= 0.6 is 11.3 Å². The van der Waals surface area contributed by atoms with Crippen LogP contribution in [0.25, 0.3) is 5.52 Å². The highest BCUT2D eigenvalue weighted by atomic mass is 32.1. The molecule has 3 N–H and O–H groups in total. The molecule has 6 rings (SSSR count). The molecular weight excluding hydrogens is 398 g/mol. The zero-order valence-electron chi connectivity index (χ0n) is 16.5. The first-order valence-electron chi connectivity index (χ1n) is 10.4. The Balaban J connectivity index is 1.18. The average molecular weight is 422 g/mol. The summed E-state index contributed by atoms with van der Waals surface area (Å²) in [5, 5.41) is 22.3. The summed E-state index contributed by atoms with van der Waals surface area (Å²) < 4.78 is 1.86. The first kappa shape index (κ1) is 17.8. The summed E-state index contributed by atoms with van der Waals surface area (Å²) in [4.78, 5) is 11.6. The fourth-order valence-corrected chi connectivity index (χ4v) is 4.67. The molecule has 0 bridgehead atoms. The van der Waals surface area contributed by atoms with Gasteiger partial charge in [0.15, 0.2) is 11.6 Å². The Morgan fingerprint density at radius 1 is 1.27 bits per heavy atom. The van der Waals surface area contributed by atoms with Crippen LogP contribution in [0.2, 0.25) is 0 Å². The van der Waals surface area contributed by atoms with Crippen LogP contribution in [-0.4, -0.2) is 53.8 Å². The Morgan fingerprint density at radius 2 is 2.23 bits per heavy atom. The summed E-state index contributed by atoms with van der Waals surface area (Å²) >= 11 is 1.71. The quantitative estimate of drug-likeness (QED) is 0.421. The fourth-order valence-electron chi connectivity index (χ4n) is 4.01. The predicted molar refractivity (Wildman–Crippen MR) is 116 cm³/mol. The maximum Gasteiger partial charge on any atom is 0.243 e. The summed E-state index contributed by atoms with van der Waals surface area (Å²) in [7, 11) is 0. The van der Waals surface area contributed by atoms with Gasteiger partial charge in [-0.05, 0) is 31.4 Å². The van der Waals surface area contributed by atoms with Crippen molar-refractivity contribution >= 4 is 34.4 Å². The second-order valence-electron chi connectivity index (χ2n) is 8.02. The molecule has 4 aromatic rings. The summed E-state index contributed by atoms with van der Waals surface area (Å²) in [6.45, 7) is 2.91. The normalized spacial score (nSPS) is 19.5. The lowest BCUT2D eigenvalue weighted by Gasteiger charge is -2.16. The van der Waals surface area contributed by atoms with Crippen molar-refractivity contribution in [1.82, 2.24) is 34.7 Å². The highest BCUT2D eigenvalue weighted by Gasteiger charge is 2.26. The van der Waals surface area contributed by atoms with Gasteiger partial charge in [0, 0.05) is 54.6 Å². The third-order valence-electron chi connectivity index (χ3n) is 5.70. The molecule has 154 valence electrons. The molecule has 9 nitrogen and oxygen atoms in total. The average Bonchev–Trinajstić information content (AvgIpc) is 3.21. The van der Waals surface area contributed by atoms with Crippen LogP contribution < -0.4 is 10.6 Å². The molecule has 1 aliphatic heterocycles. The van der Waals surface area contributed by atoms with Crippen molar-refractivity contribution in [1.29, 1.82) is 0 Å². The van der Waals surface area contributed by atoms with Crippen molar-refractivity contribution < 1.29 is 0 Å². The van der Waals surface area contributed by atoms with Crippen molar-refractivity contribution in [2.75, 3.05) is 23.7 Å². The number of hydrogen-bond donors (Lipinski definition) is 3. The van der Waals surface area contributed by atoms with E-state index in [9.17, 15) is 0 Å². The molecule has 5 heterocycles. The van der Waals surface area contributed by atoms with Crippen molar-refractivity contribution in [2.45, 2.75) is 37.8 Å². The van der Waals surface area contributed by atoms with Gasteiger partial charge in [0.2, 0.25) is 5.95 Å². The molecule has 0 amide bonds. The number of thiazole rings is 1.